The van der Waals surface area contributed by atoms with Crippen LogP contribution in [0, 0.1) is 6.92 Å². The van der Waals surface area contributed by atoms with Gasteiger partial charge in [0.25, 0.3) is 0 Å². The van der Waals surface area contributed by atoms with E-state index in [1.165, 1.54) is 11.3 Å². The van der Waals surface area contributed by atoms with Gasteiger partial charge in [-0.1, -0.05) is 40.8 Å². The number of nitrogens with one attached hydrogen (secondary N) is 2. The van der Waals surface area contributed by atoms with Crippen molar-refractivity contribution < 1.29 is 4.79 Å². The molecular formula is C17H14N4OS3. The Morgan fingerprint density at radius 2 is 1.64 bits per heavy atom. The molecule has 25 heavy (non-hydrogen) atoms. The summed E-state index contributed by atoms with van der Waals surface area (Å²) in [6.07, 6.45) is 2.02. The van der Waals surface area contributed by atoms with Gasteiger partial charge in [0.05, 0.1) is 20.4 Å². The third-order valence-corrected chi connectivity index (χ3v) is 6.80. The maximum absolute atomic E-state index is 12.2. The molecule has 126 valence electrons. The SMILES string of the molecule is CSc1nc2ccc3nc(NC(=O)Nc4ccc(C)cc4)sc3c2s1. The average Bonchev–Trinajstić information content (AvgIpc) is 3.19. The van der Waals surface area contributed by atoms with Crippen LogP contribution in [0.2, 0.25) is 0 Å². The van der Waals surface area contributed by atoms with Crippen LogP contribution in [0.25, 0.3) is 20.4 Å². The first-order valence-corrected chi connectivity index (χ1v) is 10.4. The summed E-state index contributed by atoms with van der Waals surface area (Å²) in [7, 11) is 0. The highest BCUT2D eigenvalue weighted by atomic mass is 32.2. The van der Waals surface area contributed by atoms with Crippen molar-refractivity contribution in [3.63, 3.8) is 0 Å². The van der Waals surface area contributed by atoms with E-state index >= 15 is 0 Å². The predicted octanol–water partition coefficient (Wildman–Crippen LogP) is 5.58. The molecule has 2 aromatic heterocycles. The van der Waals surface area contributed by atoms with E-state index < -0.39 is 0 Å². The molecule has 0 fully saturated rings. The molecule has 4 aromatic rings. The van der Waals surface area contributed by atoms with Crippen molar-refractivity contribution in [3.05, 3.63) is 42.0 Å². The van der Waals surface area contributed by atoms with Crippen LogP contribution in [0.1, 0.15) is 5.56 Å². The molecule has 0 aliphatic heterocycles. The third-order valence-electron chi connectivity index (χ3n) is 3.60. The average molecular weight is 387 g/mol. The van der Waals surface area contributed by atoms with Gasteiger partial charge in [-0.05, 0) is 37.4 Å². The zero-order valence-corrected chi connectivity index (χ0v) is 15.9. The number of rotatable bonds is 3. The van der Waals surface area contributed by atoms with Crippen LogP contribution in [-0.4, -0.2) is 22.3 Å². The van der Waals surface area contributed by atoms with Crippen LogP contribution in [0.3, 0.4) is 0 Å². The van der Waals surface area contributed by atoms with Crippen LogP contribution in [0.5, 0.6) is 0 Å². The molecule has 0 saturated carbocycles. The molecule has 4 rings (SSSR count). The maximum atomic E-state index is 12.2. The monoisotopic (exact) mass is 386 g/mol. The van der Waals surface area contributed by atoms with Gasteiger partial charge in [-0.2, -0.15) is 0 Å². The van der Waals surface area contributed by atoms with E-state index in [9.17, 15) is 4.79 Å². The largest absolute Gasteiger partial charge is 0.325 e. The Bertz CT molecular complexity index is 1070. The summed E-state index contributed by atoms with van der Waals surface area (Å²) >= 11 is 4.76. The summed E-state index contributed by atoms with van der Waals surface area (Å²) in [6.45, 7) is 2.01. The van der Waals surface area contributed by atoms with Crippen molar-refractivity contribution in [2.24, 2.45) is 0 Å². The highest BCUT2D eigenvalue weighted by Gasteiger charge is 2.13. The summed E-state index contributed by atoms with van der Waals surface area (Å²) in [5, 5.41) is 6.21. The van der Waals surface area contributed by atoms with Gasteiger partial charge in [0, 0.05) is 5.69 Å². The number of hydrogen-bond acceptors (Lipinski definition) is 6. The van der Waals surface area contributed by atoms with Gasteiger partial charge in [-0.25, -0.2) is 14.8 Å². The van der Waals surface area contributed by atoms with E-state index in [0.717, 1.165) is 36.0 Å². The second kappa shape index (κ2) is 6.62. The molecular weight excluding hydrogens is 372 g/mol. The lowest BCUT2D eigenvalue weighted by atomic mass is 10.2. The Morgan fingerprint density at radius 3 is 2.36 bits per heavy atom. The lowest BCUT2D eigenvalue weighted by Gasteiger charge is -2.05. The molecule has 2 amide bonds. The molecule has 2 N–H and O–H groups in total. The van der Waals surface area contributed by atoms with E-state index in [1.54, 1.807) is 23.1 Å². The van der Waals surface area contributed by atoms with Crippen LogP contribution in [0.4, 0.5) is 15.6 Å². The van der Waals surface area contributed by atoms with E-state index in [2.05, 4.69) is 20.6 Å². The highest BCUT2D eigenvalue weighted by Crippen LogP contribution is 2.37. The maximum Gasteiger partial charge on any atom is 0.325 e. The smallest absolute Gasteiger partial charge is 0.308 e. The normalized spacial score (nSPS) is 11.1. The lowest BCUT2D eigenvalue weighted by molar-refractivity contribution is 0.262. The van der Waals surface area contributed by atoms with E-state index in [1.807, 2.05) is 49.6 Å². The van der Waals surface area contributed by atoms with E-state index in [-0.39, 0.29) is 6.03 Å². The number of aromatic nitrogens is 2. The van der Waals surface area contributed by atoms with Crippen LogP contribution in [-0.2, 0) is 0 Å². The molecule has 8 heteroatoms. The Hall–Kier alpha value is -2.16. The van der Waals surface area contributed by atoms with Gasteiger partial charge >= 0.3 is 6.03 Å². The summed E-state index contributed by atoms with van der Waals surface area (Å²) in [4.78, 5) is 21.3. The van der Waals surface area contributed by atoms with Crippen molar-refractivity contribution in [3.8, 4) is 0 Å². The fourth-order valence-electron chi connectivity index (χ4n) is 2.39. The number of urea groups is 1. The summed E-state index contributed by atoms with van der Waals surface area (Å²) in [5.74, 6) is 0. The van der Waals surface area contributed by atoms with E-state index in [0.29, 0.717) is 5.13 Å². The zero-order chi connectivity index (χ0) is 17.4. The summed E-state index contributed by atoms with van der Waals surface area (Å²) in [5.41, 5.74) is 3.74. The molecule has 0 bridgehead atoms. The number of aryl methyl sites for hydroxylation is 1. The van der Waals surface area contributed by atoms with Gasteiger partial charge in [-0.3, -0.25) is 5.32 Å². The highest BCUT2D eigenvalue weighted by molar-refractivity contribution is 8.00. The Balaban J connectivity index is 1.58. The number of thioether (sulfide) groups is 1. The molecule has 0 atom stereocenters. The quantitative estimate of drug-likeness (QED) is 0.451. The lowest BCUT2D eigenvalue weighted by Crippen LogP contribution is -2.19. The van der Waals surface area contributed by atoms with Crippen LogP contribution < -0.4 is 10.6 Å². The molecule has 2 heterocycles. The Morgan fingerprint density at radius 1 is 0.960 bits per heavy atom. The summed E-state index contributed by atoms with van der Waals surface area (Å²) < 4.78 is 3.20. The Kier molecular flexibility index (Phi) is 4.32. The van der Waals surface area contributed by atoms with Gasteiger partial charge < -0.3 is 5.32 Å². The van der Waals surface area contributed by atoms with Gasteiger partial charge in [0.1, 0.15) is 0 Å². The van der Waals surface area contributed by atoms with E-state index in [4.69, 9.17) is 0 Å². The molecule has 0 radical (unpaired) electrons. The van der Waals surface area contributed by atoms with Gasteiger partial charge in [-0.15, -0.1) is 11.3 Å². The summed E-state index contributed by atoms with van der Waals surface area (Å²) in [6, 6.07) is 11.3. The number of fused-ring (bicyclic) bond motifs is 3. The first kappa shape index (κ1) is 16.3. The number of carbonyl (C=O) groups excluding carboxylic acids is 1. The van der Waals surface area contributed by atoms with Crippen molar-refractivity contribution in [1.29, 1.82) is 0 Å². The van der Waals surface area contributed by atoms with Gasteiger partial charge in [0.2, 0.25) is 0 Å². The van der Waals surface area contributed by atoms with Crippen molar-refractivity contribution in [2.45, 2.75) is 11.3 Å². The second-order valence-electron chi connectivity index (χ2n) is 5.41. The molecule has 0 unspecified atom stereocenters. The number of amides is 2. The van der Waals surface area contributed by atoms with Gasteiger partial charge in [0.15, 0.2) is 9.47 Å². The number of carbonyl (C=O) groups is 1. The molecule has 5 nitrogen and oxygen atoms in total. The zero-order valence-electron chi connectivity index (χ0n) is 13.5. The fraction of sp³-hybridized carbons (Fsp3) is 0.118. The number of benzene rings is 2. The molecule has 0 aliphatic carbocycles. The number of nitrogens with zero attached hydrogens (tertiary/aromatic N) is 2. The fourth-order valence-corrected chi connectivity index (χ4v) is 5.04. The minimum Gasteiger partial charge on any atom is -0.308 e. The number of anilines is 2. The van der Waals surface area contributed by atoms with Crippen molar-refractivity contribution in [2.75, 3.05) is 16.9 Å². The predicted molar refractivity (Wildman–Crippen MR) is 108 cm³/mol. The topological polar surface area (TPSA) is 66.9 Å². The minimum atomic E-state index is -0.298. The molecule has 2 aromatic carbocycles. The number of thiazole rings is 2. The minimum absolute atomic E-state index is 0.298. The third kappa shape index (κ3) is 3.33. The van der Waals surface area contributed by atoms with Crippen LogP contribution in [0.15, 0.2) is 40.7 Å². The van der Waals surface area contributed by atoms with Crippen molar-refractivity contribution in [1.82, 2.24) is 9.97 Å². The molecule has 0 aliphatic rings. The second-order valence-corrected chi connectivity index (χ2v) is 8.46. The first-order chi connectivity index (χ1) is 12.1. The Labute approximate surface area is 156 Å². The first-order valence-electron chi connectivity index (χ1n) is 7.51. The van der Waals surface area contributed by atoms with Crippen LogP contribution >= 0.6 is 34.4 Å². The van der Waals surface area contributed by atoms with Crippen molar-refractivity contribution >= 4 is 71.7 Å². The number of hydrogen-bond donors (Lipinski definition) is 2. The standard InChI is InChI=1S/C17H14N4OS3/c1-9-3-5-10(6-4-9)18-15(22)21-16-19-11-7-8-12-14(13(11)24-16)25-17(20-12)23-2/h3-8H,1-2H3,(H2,18,19,21,22). The molecule has 0 saturated heterocycles. The molecule has 0 spiro atoms.